The van der Waals surface area contributed by atoms with Gasteiger partial charge in [-0.2, -0.15) is 0 Å². The minimum atomic E-state index is 0.0394. The molecule has 0 saturated carbocycles. The van der Waals surface area contributed by atoms with Crippen LogP contribution in [0, 0.1) is 12.3 Å². The zero-order chi connectivity index (χ0) is 18.1. The SMILES string of the molecule is CCn1cnnc1C1CN(C(=O)c2cccc(C)c2)CC12CCOCC2. The van der Waals surface area contributed by atoms with Gasteiger partial charge in [-0.1, -0.05) is 17.7 Å². The van der Waals surface area contributed by atoms with E-state index < -0.39 is 0 Å². The van der Waals surface area contributed by atoms with E-state index in [0.717, 1.165) is 56.1 Å². The van der Waals surface area contributed by atoms with E-state index in [-0.39, 0.29) is 17.2 Å². The summed E-state index contributed by atoms with van der Waals surface area (Å²) in [6.07, 6.45) is 3.73. The lowest BCUT2D eigenvalue weighted by molar-refractivity contribution is 0.0107. The largest absolute Gasteiger partial charge is 0.381 e. The zero-order valence-corrected chi connectivity index (χ0v) is 15.5. The number of hydrogen-bond donors (Lipinski definition) is 0. The summed E-state index contributed by atoms with van der Waals surface area (Å²) in [7, 11) is 0. The Kier molecular flexibility index (Phi) is 4.53. The maximum atomic E-state index is 13.1. The first-order chi connectivity index (χ1) is 12.6. The van der Waals surface area contributed by atoms with E-state index in [0.29, 0.717) is 6.54 Å². The normalized spacial score (nSPS) is 22.1. The molecule has 0 bridgehead atoms. The highest BCUT2D eigenvalue weighted by molar-refractivity contribution is 5.94. The van der Waals surface area contributed by atoms with Crippen molar-refractivity contribution in [3.8, 4) is 0 Å². The van der Waals surface area contributed by atoms with Gasteiger partial charge >= 0.3 is 0 Å². The molecule has 2 aliphatic heterocycles. The highest BCUT2D eigenvalue weighted by atomic mass is 16.5. The van der Waals surface area contributed by atoms with E-state index >= 15 is 0 Å². The number of rotatable bonds is 3. The van der Waals surface area contributed by atoms with Crippen molar-refractivity contribution in [1.29, 1.82) is 0 Å². The van der Waals surface area contributed by atoms with E-state index in [1.807, 2.05) is 36.1 Å². The summed E-state index contributed by atoms with van der Waals surface area (Å²) in [4.78, 5) is 15.2. The van der Waals surface area contributed by atoms with E-state index in [1.165, 1.54) is 0 Å². The molecule has 2 aliphatic rings. The Morgan fingerprint density at radius 3 is 2.88 bits per heavy atom. The summed E-state index contributed by atoms with van der Waals surface area (Å²) in [5.41, 5.74) is 1.92. The van der Waals surface area contributed by atoms with Crippen molar-refractivity contribution in [2.75, 3.05) is 26.3 Å². The number of carbonyl (C=O) groups is 1. The molecular formula is C20H26N4O2. The summed E-state index contributed by atoms with van der Waals surface area (Å²) in [5.74, 6) is 1.33. The van der Waals surface area contributed by atoms with E-state index in [1.54, 1.807) is 6.33 Å². The van der Waals surface area contributed by atoms with Crippen molar-refractivity contribution in [1.82, 2.24) is 19.7 Å². The van der Waals surface area contributed by atoms with Crippen LogP contribution in [0.1, 0.15) is 47.4 Å². The van der Waals surface area contributed by atoms with Crippen LogP contribution in [0.4, 0.5) is 0 Å². The van der Waals surface area contributed by atoms with Gasteiger partial charge in [-0.25, -0.2) is 0 Å². The summed E-state index contributed by atoms with van der Waals surface area (Å²) >= 11 is 0. The van der Waals surface area contributed by atoms with Gasteiger partial charge in [0, 0.05) is 49.7 Å². The second-order valence-electron chi connectivity index (χ2n) is 7.56. The number of amides is 1. The van der Waals surface area contributed by atoms with Crippen LogP contribution in [-0.4, -0.2) is 51.9 Å². The quantitative estimate of drug-likeness (QED) is 0.850. The highest BCUT2D eigenvalue weighted by Crippen LogP contribution is 2.49. The van der Waals surface area contributed by atoms with E-state index in [2.05, 4.69) is 21.7 Å². The molecule has 1 aromatic heterocycles. The molecule has 1 amide bonds. The zero-order valence-electron chi connectivity index (χ0n) is 15.5. The van der Waals surface area contributed by atoms with Crippen molar-refractivity contribution in [3.05, 3.63) is 47.5 Å². The molecule has 138 valence electrons. The molecule has 3 heterocycles. The summed E-state index contributed by atoms with van der Waals surface area (Å²) in [6, 6.07) is 7.86. The maximum Gasteiger partial charge on any atom is 0.253 e. The average molecular weight is 354 g/mol. The standard InChI is InChI=1S/C20H26N4O2/c1-3-23-14-21-22-18(23)17-12-24(13-20(17)7-9-26-10-8-20)19(25)16-6-4-5-15(2)11-16/h4-6,11,14,17H,3,7-10,12-13H2,1-2H3. The summed E-state index contributed by atoms with van der Waals surface area (Å²) < 4.78 is 7.74. The molecule has 1 spiro atoms. The van der Waals surface area contributed by atoms with Crippen LogP contribution in [0.3, 0.4) is 0 Å². The van der Waals surface area contributed by atoms with Gasteiger partial charge in [0.2, 0.25) is 0 Å². The number of benzene rings is 1. The van der Waals surface area contributed by atoms with Crippen molar-refractivity contribution in [3.63, 3.8) is 0 Å². The molecule has 1 aromatic carbocycles. The fourth-order valence-electron chi connectivity index (χ4n) is 4.50. The van der Waals surface area contributed by atoms with Gasteiger partial charge in [0.05, 0.1) is 0 Å². The van der Waals surface area contributed by atoms with Gasteiger partial charge in [-0.3, -0.25) is 4.79 Å². The molecule has 4 rings (SSSR count). The van der Waals surface area contributed by atoms with Crippen molar-refractivity contribution < 1.29 is 9.53 Å². The summed E-state index contributed by atoms with van der Waals surface area (Å²) in [5, 5.41) is 8.57. The lowest BCUT2D eigenvalue weighted by Gasteiger charge is -2.37. The Morgan fingerprint density at radius 2 is 2.15 bits per heavy atom. The fourth-order valence-corrected chi connectivity index (χ4v) is 4.50. The van der Waals surface area contributed by atoms with Crippen LogP contribution < -0.4 is 0 Å². The van der Waals surface area contributed by atoms with Crippen molar-refractivity contribution >= 4 is 5.91 Å². The third-order valence-corrected chi connectivity index (χ3v) is 5.99. The smallest absolute Gasteiger partial charge is 0.253 e. The van der Waals surface area contributed by atoms with Crippen LogP contribution in [0.25, 0.3) is 0 Å². The minimum absolute atomic E-state index is 0.0394. The number of carbonyl (C=O) groups excluding carboxylic acids is 1. The molecule has 2 saturated heterocycles. The Balaban J connectivity index is 1.66. The number of hydrogen-bond acceptors (Lipinski definition) is 4. The van der Waals surface area contributed by atoms with Crippen LogP contribution in [0.15, 0.2) is 30.6 Å². The average Bonchev–Trinajstić information content (AvgIpc) is 3.26. The first-order valence-electron chi connectivity index (χ1n) is 9.44. The van der Waals surface area contributed by atoms with Gasteiger partial charge in [0.15, 0.2) is 0 Å². The topological polar surface area (TPSA) is 60.2 Å². The van der Waals surface area contributed by atoms with Crippen LogP contribution in [0.5, 0.6) is 0 Å². The number of aryl methyl sites for hydroxylation is 2. The first-order valence-corrected chi connectivity index (χ1v) is 9.44. The van der Waals surface area contributed by atoms with Crippen LogP contribution in [0.2, 0.25) is 0 Å². The lowest BCUT2D eigenvalue weighted by atomic mass is 9.71. The molecule has 1 atom stereocenters. The number of aromatic nitrogens is 3. The summed E-state index contributed by atoms with van der Waals surface area (Å²) in [6.45, 7) is 7.95. The Hall–Kier alpha value is -2.21. The molecule has 2 aromatic rings. The molecule has 6 nitrogen and oxygen atoms in total. The predicted octanol–water partition coefficient (Wildman–Crippen LogP) is 2.64. The van der Waals surface area contributed by atoms with Gasteiger partial charge in [0.1, 0.15) is 12.2 Å². The number of nitrogens with zero attached hydrogens (tertiary/aromatic N) is 4. The van der Waals surface area contributed by atoms with E-state index in [4.69, 9.17) is 4.74 Å². The molecule has 0 radical (unpaired) electrons. The lowest BCUT2D eigenvalue weighted by Crippen LogP contribution is -2.37. The number of ether oxygens (including phenoxy) is 1. The fraction of sp³-hybridized carbons (Fsp3) is 0.550. The van der Waals surface area contributed by atoms with Gasteiger partial charge in [-0.05, 0) is 38.8 Å². The minimum Gasteiger partial charge on any atom is -0.381 e. The molecule has 6 heteroatoms. The first kappa shape index (κ1) is 17.2. The van der Waals surface area contributed by atoms with Crippen LogP contribution >= 0.6 is 0 Å². The molecule has 1 unspecified atom stereocenters. The second kappa shape index (κ2) is 6.83. The third-order valence-electron chi connectivity index (χ3n) is 5.99. The third kappa shape index (κ3) is 2.92. The molecule has 2 fully saturated rings. The van der Waals surface area contributed by atoms with Gasteiger partial charge in [0.25, 0.3) is 5.91 Å². The maximum absolute atomic E-state index is 13.1. The molecule has 0 aliphatic carbocycles. The van der Waals surface area contributed by atoms with E-state index in [9.17, 15) is 4.79 Å². The second-order valence-corrected chi connectivity index (χ2v) is 7.56. The van der Waals surface area contributed by atoms with Crippen LogP contribution in [-0.2, 0) is 11.3 Å². The monoisotopic (exact) mass is 354 g/mol. The molecule has 26 heavy (non-hydrogen) atoms. The van der Waals surface area contributed by atoms with Crippen molar-refractivity contribution in [2.24, 2.45) is 5.41 Å². The number of likely N-dealkylation sites (tertiary alicyclic amines) is 1. The Bertz CT molecular complexity index is 795. The van der Waals surface area contributed by atoms with Crippen molar-refractivity contribution in [2.45, 2.75) is 39.2 Å². The predicted molar refractivity (Wildman–Crippen MR) is 98.0 cm³/mol. The molecule has 0 N–H and O–H groups in total. The Morgan fingerprint density at radius 1 is 1.35 bits per heavy atom. The van der Waals surface area contributed by atoms with Gasteiger partial charge in [-0.15, -0.1) is 10.2 Å². The highest BCUT2D eigenvalue weighted by Gasteiger charge is 2.51. The Labute approximate surface area is 154 Å². The molecular weight excluding hydrogens is 328 g/mol. The van der Waals surface area contributed by atoms with Gasteiger partial charge < -0.3 is 14.2 Å².